The highest BCUT2D eigenvalue weighted by atomic mass is 16.1. The molecule has 0 bridgehead atoms. The van der Waals surface area contributed by atoms with Crippen molar-refractivity contribution in [2.24, 2.45) is 0 Å². The van der Waals surface area contributed by atoms with E-state index < -0.39 is 0 Å². The van der Waals surface area contributed by atoms with Gasteiger partial charge in [-0.3, -0.25) is 9.89 Å². The number of aromatic nitrogens is 2. The van der Waals surface area contributed by atoms with Crippen LogP contribution < -0.4 is 11.3 Å². The highest BCUT2D eigenvalue weighted by molar-refractivity contribution is 5.75. The predicted octanol–water partition coefficient (Wildman–Crippen LogP) is 2.71. The number of benzene rings is 1. The summed E-state index contributed by atoms with van der Waals surface area (Å²) in [5, 5.41) is 2.97. The summed E-state index contributed by atoms with van der Waals surface area (Å²) in [6.45, 7) is 6.02. The van der Waals surface area contributed by atoms with Crippen LogP contribution in [0.1, 0.15) is 31.9 Å². The number of nitrogen functional groups attached to an aromatic ring is 1. The van der Waals surface area contributed by atoms with Gasteiger partial charge in [0.05, 0.1) is 11.6 Å². The number of anilines is 1. The standard InChI is InChI=1S/C14H19N3O/c1-4-10(3)17-14(18)12(13(15)16-17)11-8-6-5-7-9(11)2/h5-8,10,16H,4,15H2,1-3H3. The largest absolute Gasteiger partial charge is 0.383 e. The third-order valence-corrected chi connectivity index (χ3v) is 3.39. The Morgan fingerprint density at radius 3 is 2.67 bits per heavy atom. The molecule has 1 aromatic heterocycles. The lowest BCUT2D eigenvalue weighted by atomic mass is 10.0. The van der Waals surface area contributed by atoms with Gasteiger partial charge in [0.15, 0.2) is 0 Å². The lowest BCUT2D eigenvalue weighted by Gasteiger charge is -2.08. The highest BCUT2D eigenvalue weighted by Gasteiger charge is 2.17. The van der Waals surface area contributed by atoms with Crippen LogP contribution in [0.25, 0.3) is 11.1 Å². The van der Waals surface area contributed by atoms with Crippen LogP contribution in [-0.2, 0) is 0 Å². The van der Waals surface area contributed by atoms with E-state index in [1.54, 1.807) is 4.68 Å². The van der Waals surface area contributed by atoms with Gasteiger partial charge < -0.3 is 5.73 Å². The number of rotatable bonds is 3. The van der Waals surface area contributed by atoms with Gasteiger partial charge in [-0.25, -0.2) is 4.68 Å². The van der Waals surface area contributed by atoms with Gasteiger partial charge in [0.1, 0.15) is 5.82 Å². The van der Waals surface area contributed by atoms with Gasteiger partial charge in [-0.15, -0.1) is 0 Å². The van der Waals surface area contributed by atoms with E-state index in [0.717, 1.165) is 17.5 Å². The molecule has 1 heterocycles. The van der Waals surface area contributed by atoms with Crippen molar-refractivity contribution in [1.29, 1.82) is 0 Å². The molecule has 1 aromatic carbocycles. The minimum atomic E-state index is -0.0452. The molecule has 2 rings (SSSR count). The molecule has 0 aliphatic heterocycles. The van der Waals surface area contributed by atoms with Crippen molar-refractivity contribution < 1.29 is 0 Å². The molecule has 0 aliphatic carbocycles. The normalized spacial score (nSPS) is 12.6. The van der Waals surface area contributed by atoms with E-state index in [4.69, 9.17) is 5.73 Å². The second-order valence-electron chi connectivity index (χ2n) is 4.65. The molecule has 3 N–H and O–H groups in total. The number of hydrogen-bond donors (Lipinski definition) is 2. The average molecular weight is 245 g/mol. The molecule has 0 fully saturated rings. The Bertz CT molecular complexity index is 610. The first-order valence-electron chi connectivity index (χ1n) is 6.22. The van der Waals surface area contributed by atoms with Crippen molar-refractivity contribution in [3.05, 3.63) is 40.2 Å². The number of nitrogens with zero attached hydrogens (tertiary/aromatic N) is 1. The lowest BCUT2D eigenvalue weighted by Crippen LogP contribution is -2.21. The molecule has 0 radical (unpaired) electrons. The number of nitrogens with two attached hydrogens (primary N) is 1. The third kappa shape index (κ3) is 1.94. The zero-order valence-corrected chi connectivity index (χ0v) is 11.0. The minimum Gasteiger partial charge on any atom is -0.383 e. The highest BCUT2D eigenvalue weighted by Crippen LogP contribution is 2.25. The molecule has 0 saturated heterocycles. The number of nitrogens with one attached hydrogen (secondary N) is 1. The summed E-state index contributed by atoms with van der Waals surface area (Å²) < 4.78 is 1.61. The van der Waals surface area contributed by atoms with Crippen LogP contribution in [0.4, 0.5) is 5.82 Å². The summed E-state index contributed by atoms with van der Waals surface area (Å²) in [5.74, 6) is 0.439. The van der Waals surface area contributed by atoms with Crippen LogP contribution in [0, 0.1) is 6.92 Å². The topological polar surface area (TPSA) is 63.8 Å². The van der Waals surface area contributed by atoms with Gasteiger partial charge in [-0.2, -0.15) is 0 Å². The van der Waals surface area contributed by atoms with E-state index in [2.05, 4.69) is 5.10 Å². The maximum atomic E-state index is 12.4. The Balaban J connectivity index is 2.64. The Kier molecular flexibility index (Phi) is 3.28. The third-order valence-electron chi connectivity index (χ3n) is 3.39. The Morgan fingerprint density at radius 1 is 1.39 bits per heavy atom. The van der Waals surface area contributed by atoms with Gasteiger partial charge in [0, 0.05) is 0 Å². The predicted molar refractivity (Wildman–Crippen MR) is 74.6 cm³/mol. The van der Waals surface area contributed by atoms with Crippen LogP contribution in [0.2, 0.25) is 0 Å². The molecule has 2 aromatic rings. The summed E-state index contributed by atoms with van der Waals surface area (Å²) in [4.78, 5) is 12.4. The SMILES string of the molecule is CCC(C)n1[nH]c(N)c(-c2ccccc2C)c1=O. The summed E-state index contributed by atoms with van der Waals surface area (Å²) in [6.07, 6.45) is 0.882. The molecule has 1 atom stereocenters. The molecular weight excluding hydrogens is 226 g/mol. The monoisotopic (exact) mass is 245 g/mol. The van der Waals surface area contributed by atoms with Crippen LogP contribution >= 0.6 is 0 Å². The smallest absolute Gasteiger partial charge is 0.276 e. The van der Waals surface area contributed by atoms with E-state index in [1.165, 1.54) is 0 Å². The van der Waals surface area contributed by atoms with Gasteiger partial charge >= 0.3 is 0 Å². The molecule has 4 heteroatoms. The van der Waals surface area contributed by atoms with Crippen LogP contribution in [0.5, 0.6) is 0 Å². The molecule has 0 saturated carbocycles. The average Bonchev–Trinajstić information content (AvgIpc) is 2.65. The fourth-order valence-corrected chi connectivity index (χ4v) is 2.08. The maximum Gasteiger partial charge on any atom is 0.276 e. The molecule has 0 amide bonds. The molecule has 4 nitrogen and oxygen atoms in total. The number of H-pyrrole nitrogens is 1. The van der Waals surface area contributed by atoms with E-state index >= 15 is 0 Å². The van der Waals surface area contributed by atoms with Crippen molar-refractivity contribution in [3.63, 3.8) is 0 Å². The van der Waals surface area contributed by atoms with Crippen molar-refractivity contribution in [1.82, 2.24) is 9.78 Å². The van der Waals surface area contributed by atoms with Gasteiger partial charge in [-0.05, 0) is 31.4 Å². The summed E-state index contributed by atoms with van der Waals surface area (Å²) >= 11 is 0. The van der Waals surface area contributed by atoms with Gasteiger partial charge in [0.25, 0.3) is 5.56 Å². The zero-order chi connectivity index (χ0) is 13.3. The molecule has 96 valence electrons. The Hall–Kier alpha value is -1.97. The lowest BCUT2D eigenvalue weighted by molar-refractivity contribution is 0.467. The number of aryl methyl sites for hydroxylation is 1. The fourth-order valence-electron chi connectivity index (χ4n) is 2.08. The van der Waals surface area contributed by atoms with Crippen LogP contribution in [0.3, 0.4) is 0 Å². The second kappa shape index (κ2) is 4.72. The first-order chi connectivity index (χ1) is 8.56. The molecular formula is C14H19N3O. The van der Waals surface area contributed by atoms with Crippen molar-refractivity contribution in [2.75, 3.05) is 5.73 Å². The summed E-state index contributed by atoms with van der Waals surface area (Å²) in [7, 11) is 0. The van der Waals surface area contributed by atoms with Crippen molar-refractivity contribution in [2.45, 2.75) is 33.2 Å². The first kappa shape index (κ1) is 12.5. The van der Waals surface area contributed by atoms with Crippen molar-refractivity contribution in [3.8, 4) is 11.1 Å². The molecule has 0 spiro atoms. The molecule has 1 unspecified atom stereocenters. The van der Waals surface area contributed by atoms with Gasteiger partial charge in [-0.1, -0.05) is 31.2 Å². The summed E-state index contributed by atoms with van der Waals surface area (Å²) in [5.41, 5.74) is 8.44. The summed E-state index contributed by atoms with van der Waals surface area (Å²) in [6, 6.07) is 7.90. The van der Waals surface area contributed by atoms with E-state index in [-0.39, 0.29) is 11.6 Å². The zero-order valence-electron chi connectivity index (χ0n) is 11.0. The van der Waals surface area contributed by atoms with E-state index in [1.807, 2.05) is 45.0 Å². The number of aromatic amines is 1. The van der Waals surface area contributed by atoms with E-state index in [0.29, 0.717) is 11.4 Å². The van der Waals surface area contributed by atoms with Gasteiger partial charge in [0.2, 0.25) is 0 Å². The van der Waals surface area contributed by atoms with Crippen LogP contribution in [0.15, 0.2) is 29.1 Å². The second-order valence-corrected chi connectivity index (χ2v) is 4.65. The maximum absolute atomic E-state index is 12.4. The van der Waals surface area contributed by atoms with E-state index in [9.17, 15) is 4.79 Å². The quantitative estimate of drug-likeness (QED) is 0.873. The fraction of sp³-hybridized carbons (Fsp3) is 0.357. The van der Waals surface area contributed by atoms with Crippen molar-refractivity contribution >= 4 is 5.82 Å². The molecule has 0 aliphatic rings. The Morgan fingerprint density at radius 2 is 2.06 bits per heavy atom. The first-order valence-corrected chi connectivity index (χ1v) is 6.22. The molecule has 18 heavy (non-hydrogen) atoms. The Labute approximate surface area is 106 Å². The number of hydrogen-bond acceptors (Lipinski definition) is 2. The minimum absolute atomic E-state index is 0.0452. The van der Waals surface area contributed by atoms with Crippen LogP contribution in [-0.4, -0.2) is 9.78 Å².